The van der Waals surface area contributed by atoms with Gasteiger partial charge in [0.05, 0.1) is 0 Å². The number of Topliss-reactive ketones (excluding diaryl/α,β-unsaturated/α-hetero) is 1. The molecule has 1 aliphatic rings. The van der Waals surface area contributed by atoms with E-state index in [-0.39, 0.29) is 18.2 Å². The molecular formula is C11H10ClNO2. The number of fused-ring (bicyclic) bond motifs is 1. The standard InChI is InChI=1S/C11H9NO2.ClH/c12-11(14)9-6-5-7-3-1-2-4-8(7)10(9)13;/h1-6,9H,(H2,12,14);1H. The number of ketones is 1. The molecule has 0 saturated heterocycles. The van der Waals surface area contributed by atoms with Crippen molar-refractivity contribution in [2.45, 2.75) is 0 Å². The first kappa shape index (κ1) is 11.5. The number of nitrogens with two attached hydrogens (primary N) is 1. The van der Waals surface area contributed by atoms with E-state index in [2.05, 4.69) is 0 Å². The third-order valence-electron chi connectivity index (χ3n) is 2.28. The van der Waals surface area contributed by atoms with Crippen LogP contribution in [0, 0.1) is 5.92 Å². The van der Waals surface area contributed by atoms with Crippen LogP contribution in [0.2, 0.25) is 0 Å². The first-order chi connectivity index (χ1) is 6.70. The Hall–Kier alpha value is -1.61. The fourth-order valence-corrected chi connectivity index (χ4v) is 1.55. The van der Waals surface area contributed by atoms with Crippen molar-refractivity contribution in [3.8, 4) is 0 Å². The van der Waals surface area contributed by atoms with Crippen molar-refractivity contribution in [3.63, 3.8) is 0 Å². The van der Waals surface area contributed by atoms with Gasteiger partial charge < -0.3 is 5.73 Å². The zero-order valence-electron chi connectivity index (χ0n) is 7.84. The summed E-state index contributed by atoms with van der Waals surface area (Å²) in [6, 6.07) is 7.16. The first-order valence-electron chi connectivity index (χ1n) is 4.31. The summed E-state index contributed by atoms with van der Waals surface area (Å²) in [4.78, 5) is 22.6. The van der Waals surface area contributed by atoms with Crippen molar-refractivity contribution in [3.05, 3.63) is 41.5 Å². The van der Waals surface area contributed by atoms with E-state index in [0.717, 1.165) is 5.56 Å². The fraction of sp³-hybridized carbons (Fsp3) is 0.0909. The fourth-order valence-electron chi connectivity index (χ4n) is 1.55. The molecule has 1 amide bonds. The Labute approximate surface area is 93.4 Å². The molecule has 0 radical (unpaired) electrons. The van der Waals surface area contributed by atoms with Crippen LogP contribution in [0.5, 0.6) is 0 Å². The Kier molecular flexibility index (Phi) is 3.27. The van der Waals surface area contributed by atoms with Gasteiger partial charge in [0.2, 0.25) is 5.91 Å². The second kappa shape index (κ2) is 4.28. The van der Waals surface area contributed by atoms with E-state index < -0.39 is 11.8 Å². The second-order valence-electron chi connectivity index (χ2n) is 3.19. The van der Waals surface area contributed by atoms with E-state index in [1.807, 2.05) is 12.1 Å². The number of benzene rings is 1. The molecule has 0 bridgehead atoms. The van der Waals surface area contributed by atoms with Gasteiger partial charge in [0, 0.05) is 5.56 Å². The highest BCUT2D eigenvalue weighted by atomic mass is 35.5. The van der Waals surface area contributed by atoms with Crippen molar-refractivity contribution >= 4 is 30.2 Å². The second-order valence-corrected chi connectivity index (χ2v) is 3.19. The summed E-state index contributed by atoms with van der Waals surface area (Å²) < 4.78 is 0. The molecule has 1 aromatic carbocycles. The topological polar surface area (TPSA) is 60.2 Å². The number of carbonyl (C=O) groups is 2. The monoisotopic (exact) mass is 223 g/mol. The molecule has 15 heavy (non-hydrogen) atoms. The van der Waals surface area contributed by atoms with Gasteiger partial charge in [-0.05, 0) is 5.56 Å². The van der Waals surface area contributed by atoms with E-state index in [4.69, 9.17) is 5.73 Å². The number of halogens is 1. The maximum Gasteiger partial charge on any atom is 0.232 e. The molecule has 1 aliphatic carbocycles. The van der Waals surface area contributed by atoms with Crippen LogP contribution in [0.15, 0.2) is 30.3 Å². The van der Waals surface area contributed by atoms with E-state index in [1.54, 1.807) is 24.3 Å². The molecule has 0 heterocycles. The number of amides is 1. The average Bonchev–Trinajstić information content (AvgIpc) is 2.18. The summed E-state index contributed by atoms with van der Waals surface area (Å²) in [7, 11) is 0. The Morgan fingerprint density at radius 3 is 2.60 bits per heavy atom. The smallest absolute Gasteiger partial charge is 0.232 e. The minimum atomic E-state index is -0.801. The van der Waals surface area contributed by atoms with Crippen LogP contribution in [0.3, 0.4) is 0 Å². The molecule has 1 atom stereocenters. The summed E-state index contributed by atoms with van der Waals surface area (Å²) >= 11 is 0. The number of rotatable bonds is 1. The maximum atomic E-state index is 11.7. The van der Waals surface area contributed by atoms with Crippen molar-refractivity contribution < 1.29 is 9.59 Å². The molecule has 4 heteroatoms. The highest BCUT2D eigenvalue weighted by molar-refractivity contribution is 6.14. The minimum Gasteiger partial charge on any atom is -0.369 e. The number of carbonyl (C=O) groups excluding carboxylic acids is 2. The Morgan fingerprint density at radius 1 is 1.27 bits per heavy atom. The molecule has 78 valence electrons. The van der Waals surface area contributed by atoms with Crippen molar-refractivity contribution in [2.24, 2.45) is 11.7 Å². The predicted molar refractivity (Wildman–Crippen MR) is 59.7 cm³/mol. The van der Waals surface area contributed by atoms with Crippen molar-refractivity contribution in [2.75, 3.05) is 0 Å². The van der Waals surface area contributed by atoms with Crippen LogP contribution < -0.4 is 5.73 Å². The zero-order chi connectivity index (χ0) is 10.1. The molecule has 0 saturated carbocycles. The van der Waals surface area contributed by atoms with Gasteiger partial charge in [0.25, 0.3) is 0 Å². The van der Waals surface area contributed by atoms with E-state index in [1.165, 1.54) is 0 Å². The summed E-state index contributed by atoms with van der Waals surface area (Å²) in [5.41, 5.74) is 6.51. The summed E-state index contributed by atoms with van der Waals surface area (Å²) in [5, 5.41) is 0. The van der Waals surface area contributed by atoms with Crippen molar-refractivity contribution in [1.29, 1.82) is 0 Å². The quantitative estimate of drug-likeness (QED) is 0.732. The largest absolute Gasteiger partial charge is 0.369 e. The Bertz CT molecular complexity index is 440. The maximum absolute atomic E-state index is 11.7. The van der Waals surface area contributed by atoms with Crippen LogP contribution in [0.25, 0.3) is 6.08 Å². The third kappa shape index (κ3) is 1.92. The lowest BCUT2D eigenvalue weighted by molar-refractivity contribution is -0.119. The number of primary amides is 1. The highest BCUT2D eigenvalue weighted by Gasteiger charge is 2.26. The molecule has 0 aliphatic heterocycles. The summed E-state index contributed by atoms with van der Waals surface area (Å²) in [6.45, 7) is 0. The van der Waals surface area contributed by atoms with Gasteiger partial charge in [-0.25, -0.2) is 0 Å². The molecule has 3 nitrogen and oxygen atoms in total. The molecule has 0 aromatic heterocycles. The lowest BCUT2D eigenvalue weighted by Gasteiger charge is -2.14. The van der Waals surface area contributed by atoms with Gasteiger partial charge in [-0.2, -0.15) is 0 Å². The summed E-state index contributed by atoms with van der Waals surface area (Å²) in [6.07, 6.45) is 3.30. The van der Waals surface area contributed by atoms with Crippen LogP contribution in [-0.4, -0.2) is 11.7 Å². The SMILES string of the molecule is Cl.NC(=O)C1C=Cc2ccccc2C1=O. The van der Waals surface area contributed by atoms with Gasteiger partial charge in [0.15, 0.2) is 5.78 Å². The van der Waals surface area contributed by atoms with Crippen molar-refractivity contribution in [1.82, 2.24) is 0 Å². The third-order valence-corrected chi connectivity index (χ3v) is 2.28. The zero-order valence-corrected chi connectivity index (χ0v) is 8.66. The van der Waals surface area contributed by atoms with Crippen LogP contribution in [0.4, 0.5) is 0 Å². The molecule has 1 unspecified atom stereocenters. The number of hydrogen-bond donors (Lipinski definition) is 1. The van der Waals surface area contributed by atoms with Gasteiger partial charge in [0.1, 0.15) is 5.92 Å². The van der Waals surface area contributed by atoms with E-state index >= 15 is 0 Å². The average molecular weight is 224 g/mol. The predicted octanol–water partition coefficient (Wildman–Crippen LogP) is 1.42. The Balaban J connectivity index is 0.00000112. The highest BCUT2D eigenvalue weighted by Crippen LogP contribution is 2.22. The Morgan fingerprint density at radius 2 is 1.93 bits per heavy atom. The molecule has 0 spiro atoms. The number of hydrogen-bond acceptors (Lipinski definition) is 2. The summed E-state index contributed by atoms with van der Waals surface area (Å²) in [5.74, 6) is -1.61. The van der Waals surface area contributed by atoms with Gasteiger partial charge in [-0.3, -0.25) is 9.59 Å². The van der Waals surface area contributed by atoms with Crippen LogP contribution in [0.1, 0.15) is 15.9 Å². The van der Waals surface area contributed by atoms with E-state index in [0.29, 0.717) is 5.56 Å². The molecule has 1 aromatic rings. The lowest BCUT2D eigenvalue weighted by atomic mass is 9.88. The molecule has 0 fully saturated rings. The van der Waals surface area contributed by atoms with Gasteiger partial charge in [-0.1, -0.05) is 36.4 Å². The lowest BCUT2D eigenvalue weighted by Crippen LogP contribution is -2.30. The van der Waals surface area contributed by atoms with Crippen LogP contribution in [-0.2, 0) is 4.79 Å². The first-order valence-corrected chi connectivity index (χ1v) is 4.31. The molecule has 2 rings (SSSR count). The van der Waals surface area contributed by atoms with Crippen LogP contribution >= 0.6 is 12.4 Å². The molecule has 2 N–H and O–H groups in total. The van der Waals surface area contributed by atoms with Gasteiger partial charge >= 0.3 is 0 Å². The van der Waals surface area contributed by atoms with Gasteiger partial charge in [-0.15, -0.1) is 12.4 Å². The minimum absolute atomic E-state index is 0. The normalized spacial score (nSPS) is 17.9. The van der Waals surface area contributed by atoms with E-state index in [9.17, 15) is 9.59 Å². The molecular weight excluding hydrogens is 214 g/mol.